The number of sulfone groups is 1. The maximum atomic E-state index is 12.3. The van der Waals surface area contributed by atoms with Gasteiger partial charge >= 0.3 is 0 Å². The fourth-order valence-electron chi connectivity index (χ4n) is 1.82. The zero-order valence-corrected chi connectivity index (χ0v) is 12.9. The Morgan fingerprint density at radius 2 is 1.95 bits per heavy atom. The first-order chi connectivity index (χ1) is 9.44. The molecule has 0 aliphatic heterocycles. The van der Waals surface area contributed by atoms with Crippen LogP contribution in [0.4, 0.5) is 0 Å². The molecule has 0 heterocycles. The molecule has 112 valence electrons. The quantitative estimate of drug-likeness (QED) is 0.717. The van der Waals surface area contributed by atoms with Crippen molar-refractivity contribution in [2.45, 2.75) is 18.2 Å². The highest BCUT2D eigenvalue weighted by molar-refractivity contribution is 7.91. The van der Waals surface area contributed by atoms with E-state index in [4.69, 9.17) is 4.74 Å². The molecule has 1 aromatic rings. The van der Waals surface area contributed by atoms with Crippen molar-refractivity contribution in [3.05, 3.63) is 29.8 Å². The molecular formula is C14H21NO4S. The Hall–Kier alpha value is -1.40. The summed E-state index contributed by atoms with van der Waals surface area (Å²) in [4.78, 5) is 14.0. The third-order valence-corrected chi connectivity index (χ3v) is 4.81. The second-order valence-corrected chi connectivity index (χ2v) is 6.72. The molecule has 5 nitrogen and oxygen atoms in total. The monoisotopic (exact) mass is 299 g/mol. The van der Waals surface area contributed by atoms with E-state index in [-0.39, 0.29) is 22.1 Å². The fourth-order valence-corrected chi connectivity index (χ4v) is 2.91. The topological polar surface area (TPSA) is 63.7 Å². The number of carbonyl (C=O) groups is 1. The van der Waals surface area contributed by atoms with Crippen molar-refractivity contribution in [3.63, 3.8) is 0 Å². The Labute approximate surface area is 120 Å². The van der Waals surface area contributed by atoms with Gasteiger partial charge in [0.25, 0.3) is 5.91 Å². The number of hydrogen-bond donors (Lipinski definition) is 0. The Balaban J connectivity index is 2.99. The summed E-state index contributed by atoms with van der Waals surface area (Å²) in [5, 5.41) is 0. The number of methoxy groups -OCH3 is 1. The molecule has 1 amide bonds. The van der Waals surface area contributed by atoms with Crippen molar-refractivity contribution in [1.29, 1.82) is 0 Å². The second kappa shape index (κ2) is 7.40. The van der Waals surface area contributed by atoms with Crippen molar-refractivity contribution in [1.82, 2.24) is 4.90 Å². The van der Waals surface area contributed by atoms with Gasteiger partial charge in [-0.25, -0.2) is 8.42 Å². The van der Waals surface area contributed by atoms with Crippen LogP contribution < -0.4 is 0 Å². The van der Waals surface area contributed by atoms with Gasteiger partial charge in [0, 0.05) is 27.3 Å². The molecule has 0 radical (unpaired) electrons. The molecule has 0 N–H and O–H groups in total. The molecule has 0 aromatic heterocycles. The van der Waals surface area contributed by atoms with Gasteiger partial charge in [0.2, 0.25) is 0 Å². The summed E-state index contributed by atoms with van der Waals surface area (Å²) in [6, 6.07) is 6.34. The van der Waals surface area contributed by atoms with Crippen LogP contribution in [0.1, 0.15) is 23.7 Å². The first-order valence-electron chi connectivity index (χ1n) is 6.50. The van der Waals surface area contributed by atoms with Gasteiger partial charge in [-0.3, -0.25) is 4.79 Å². The second-order valence-electron chi connectivity index (χ2n) is 4.47. The number of ether oxygens (including phenoxy) is 1. The number of hydrogen-bond acceptors (Lipinski definition) is 4. The molecule has 20 heavy (non-hydrogen) atoms. The van der Waals surface area contributed by atoms with Gasteiger partial charge in [-0.1, -0.05) is 19.1 Å². The molecule has 0 atom stereocenters. The van der Waals surface area contributed by atoms with E-state index in [1.807, 2.05) is 0 Å². The largest absolute Gasteiger partial charge is 0.385 e. The standard InChI is InChI=1S/C14H21NO4S/c1-4-20(17,18)13-9-6-5-8-12(13)14(16)15(2)10-7-11-19-3/h5-6,8-9H,4,7,10-11H2,1-3H3. The number of amides is 1. The first kappa shape index (κ1) is 16.7. The van der Waals surface area contributed by atoms with Crippen molar-refractivity contribution in [2.24, 2.45) is 0 Å². The van der Waals surface area contributed by atoms with E-state index in [0.717, 1.165) is 0 Å². The number of benzene rings is 1. The van der Waals surface area contributed by atoms with Crippen molar-refractivity contribution >= 4 is 15.7 Å². The molecule has 1 rings (SSSR count). The van der Waals surface area contributed by atoms with Crippen LogP contribution in [0.3, 0.4) is 0 Å². The Morgan fingerprint density at radius 3 is 2.55 bits per heavy atom. The van der Waals surface area contributed by atoms with E-state index in [1.165, 1.54) is 11.0 Å². The van der Waals surface area contributed by atoms with Crippen LogP contribution in [0.5, 0.6) is 0 Å². The Morgan fingerprint density at radius 1 is 1.30 bits per heavy atom. The lowest BCUT2D eigenvalue weighted by Gasteiger charge is -2.18. The van der Waals surface area contributed by atoms with E-state index in [2.05, 4.69) is 0 Å². The normalized spacial score (nSPS) is 11.3. The predicted octanol–water partition coefficient (Wildman–Crippen LogP) is 1.59. The van der Waals surface area contributed by atoms with Gasteiger partial charge in [0.1, 0.15) is 0 Å². The number of carbonyl (C=O) groups excluding carboxylic acids is 1. The van der Waals surface area contributed by atoms with Gasteiger partial charge in [-0.2, -0.15) is 0 Å². The third-order valence-electron chi connectivity index (χ3n) is 3.02. The lowest BCUT2D eigenvalue weighted by Crippen LogP contribution is -2.29. The Kier molecular flexibility index (Phi) is 6.16. The summed E-state index contributed by atoms with van der Waals surface area (Å²) in [6.45, 7) is 2.65. The molecule has 0 bridgehead atoms. The van der Waals surface area contributed by atoms with Gasteiger partial charge < -0.3 is 9.64 Å². The van der Waals surface area contributed by atoms with Crippen LogP contribution in [-0.2, 0) is 14.6 Å². The summed E-state index contributed by atoms with van der Waals surface area (Å²) in [5.74, 6) is -0.307. The first-order valence-corrected chi connectivity index (χ1v) is 8.15. The summed E-state index contributed by atoms with van der Waals surface area (Å²) in [7, 11) is -0.143. The van der Waals surface area contributed by atoms with E-state index in [9.17, 15) is 13.2 Å². The van der Waals surface area contributed by atoms with Crippen LogP contribution in [0.2, 0.25) is 0 Å². The Bertz CT molecular complexity index is 554. The number of nitrogens with zero attached hydrogens (tertiary/aromatic N) is 1. The highest BCUT2D eigenvalue weighted by Crippen LogP contribution is 2.18. The summed E-state index contributed by atoms with van der Waals surface area (Å²) in [6.07, 6.45) is 0.710. The van der Waals surface area contributed by atoms with Crippen LogP contribution in [0, 0.1) is 0 Å². The average molecular weight is 299 g/mol. The molecule has 0 saturated heterocycles. The van der Waals surface area contributed by atoms with Gasteiger partial charge in [0.15, 0.2) is 9.84 Å². The van der Waals surface area contributed by atoms with Gasteiger partial charge in [-0.15, -0.1) is 0 Å². The minimum atomic E-state index is -3.40. The van der Waals surface area contributed by atoms with E-state index in [0.29, 0.717) is 19.6 Å². The summed E-state index contributed by atoms with van der Waals surface area (Å²) >= 11 is 0. The van der Waals surface area contributed by atoms with E-state index >= 15 is 0 Å². The van der Waals surface area contributed by atoms with E-state index in [1.54, 1.807) is 39.3 Å². The summed E-state index contributed by atoms with van der Waals surface area (Å²) < 4.78 is 29.0. The maximum Gasteiger partial charge on any atom is 0.254 e. The zero-order valence-electron chi connectivity index (χ0n) is 12.1. The minimum absolute atomic E-state index is 0.0231. The van der Waals surface area contributed by atoms with Crippen LogP contribution >= 0.6 is 0 Å². The summed E-state index contributed by atoms with van der Waals surface area (Å²) in [5.41, 5.74) is 0.231. The highest BCUT2D eigenvalue weighted by Gasteiger charge is 2.22. The van der Waals surface area contributed by atoms with Crippen LogP contribution in [0.15, 0.2) is 29.2 Å². The minimum Gasteiger partial charge on any atom is -0.385 e. The van der Waals surface area contributed by atoms with Crippen molar-refractivity contribution in [3.8, 4) is 0 Å². The SMILES string of the molecule is CCS(=O)(=O)c1ccccc1C(=O)N(C)CCCOC. The molecular weight excluding hydrogens is 278 g/mol. The molecule has 0 aliphatic carbocycles. The van der Waals surface area contributed by atoms with Gasteiger partial charge in [-0.05, 0) is 18.6 Å². The maximum absolute atomic E-state index is 12.3. The molecule has 1 aromatic carbocycles. The molecule has 0 fully saturated rings. The molecule has 0 aliphatic rings. The lowest BCUT2D eigenvalue weighted by atomic mass is 10.2. The van der Waals surface area contributed by atoms with Crippen LogP contribution in [-0.4, -0.2) is 52.3 Å². The van der Waals surface area contributed by atoms with E-state index < -0.39 is 9.84 Å². The van der Waals surface area contributed by atoms with Crippen LogP contribution in [0.25, 0.3) is 0 Å². The fraction of sp³-hybridized carbons (Fsp3) is 0.500. The van der Waals surface area contributed by atoms with Gasteiger partial charge in [0.05, 0.1) is 16.2 Å². The molecule has 0 spiro atoms. The molecule has 0 unspecified atom stereocenters. The van der Waals surface area contributed by atoms with Crippen molar-refractivity contribution in [2.75, 3.05) is 33.1 Å². The lowest BCUT2D eigenvalue weighted by molar-refractivity contribution is 0.0775. The predicted molar refractivity (Wildman–Crippen MR) is 77.6 cm³/mol. The third kappa shape index (κ3) is 4.05. The zero-order chi connectivity index (χ0) is 15.2. The molecule has 0 saturated carbocycles. The molecule has 6 heteroatoms. The highest BCUT2D eigenvalue weighted by atomic mass is 32.2. The smallest absolute Gasteiger partial charge is 0.254 e. The number of rotatable bonds is 7. The van der Waals surface area contributed by atoms with Crippen molar-refractivity contribution < 1.29 is 17.9 Å². The average Bonchev–Trinajstić information content (AvgIpc) is 2.46.